The van der Waals surface area contributed by atoms with Crippen molar-refractivity contribution in [3.63, 3.8) is 0 Å². The second-order valence-electron chi connectivity index (χ2n) is 4.11. The van der Waals surface area contributed by atoms with Gasteiger partial charge in [-0.05, 0) is 103 Å². The maximum Gasteiger partial charge on any atom is 0.339 e. The number of halogens is 7. The van der Waals surface area contributed by atoms with Crippen molar-refractivity contribution >= 4 is 99.3 Å². The van der Waals surface area contributed by atoms with Crippen LogP contribution >= 0.6 is 99.3 Å². The summed E-state index contributed by atoms with van der Waals surface area (Å²) in [6, 6.07) is 0. The van der Waals surface area contributed by atoms with Gasteiger partial charge in [0.1, 0.15) is 0 Å². The zero-order valence-electron chi connectivity index (χ0n) is 13.0. The Balaban J connectivity index is -0.000000286. The van der Waals surface area contributed by atoms with E-state index in [0.29, 0.717) is 6.54 Å². The van der Waals surface area contributed by atoms with Crippen LogP contribution in [0.25, 0.3) is 0 Å². The predicted octanol–water partition coefficient (Wildman–Crippen LogP) is 7.87. The molecule has 0 aromatic carbocycles. The van der Waals surface area contributed by atoms with Crippen molar-refractivity contribution < 1.29 is 9.13 Å². The maximum absolute atomic E-state index is 11.0. The molecule has 0 heterocycles. The fraction of sp³-hybridized carbons (Fsp3) is 1.00. The first-order valence-corrected chi connectivity index (χ1v) is 16.7. The van der Waals surface area contributed by atoms with E-state index in [4.69, 9.17) is 22.5 Å². The van der Waals surface area contributed by atoms with Crippen molar-refractivity contribution in [3.8, 4) is 0 Å². The second-order valence-corrected chi connectivity index (χ2v) is 17.2. The van der Waals surface area contributed by atoms with E-state index in [9.17, 15) is 9.13 Å². The molecule has 144 valence electrons. The number of alkyl halides is 2. The Morgan fingerprint density at radius 2 is 1.30 bits per heavy atom. The lowest BCUT2D eigenvalue weighted by Crippen LogP contribution is -2.11. The van der Waals surface area contributed by atoms with E-state index < -0.39 is 11.2 Å². The summed E-state index contributed by atoms with van der Waals surface area (Å²) in [5.41, 5.74) is 0. The first kappa shape index (κ1) is 30.5. The average molecular weight is 602 g/mol. The molecular formula is C10H23Br2Cl5N2O2P2. The number of hydrogen-bond donors (Lipinski definition) is 1. The fourth-order valence-corrected chi connectivity index (χ4v) is 2.57. The largest absolute Gasteiger partial charge is 0.339 e. The molecule has 0 rings (SSSR count). The van der Waals surface area contributed by atoms with Crippen molar-refractivity contribution in [1.29, 1.82) is 0 Å². The molecule has 13 heteroatoms. The average Bonchev–Trinajstić information content (AvgIpc) is 2.37. The van der Waals surface area contributed by atoms with Crippen LogP contribution in [0.5, 0.6) is 0 Å². The van der Waals surface area contributed by atoms with E-state index in [1.165, 1.54) is 17.5 Å². The smallest absolute Gasteiger partial charge is 0.320 e. The van der Waals surface area contributed by atoms with Crippen molar-refractivity contribution in [2.75, 3.05) is 37.8 Å². The van der Waals surface area contributed by atoms with Gasteiger partial charge in [0, 0.05) is 17.2 Å². The summed E-state index contributed by atoms with van der Waals surface area (Å²) in [7, 11) is 3.64. The molecule has 0 saturated carbocycles. The van der Waals surface area contributed by atoms with Gasteiger partial charge in [-0.3, -0.25) is 9.13 Å². The Kier molecular flexibility index (Phi) is 25.9. The number of rotatable bonds is 9. The lowest BCUT2D eigenvalue weighted by Gasteiger charge is -2.16. The fourth-order valence-electron chi connectivity index (χ4n) is 0.948. The summed E-state index contributed by atoms with van der Waals surface area (Å²) in [5, 5.41) is 1.95. The molecule has 0 amide bonds. The standard InChI is InChI=1S/C5H11BrCl2NOP.C5H12BrN.Cl3OP/c1-9(11(7,8)10)5-3-2-4-6;1-7-5-3-2-4-6;1-5(2,3)4/h2-5H2,1H3;7H,2-5H2,1H3;. The van der Waals surface area contributed by atoms with Crippen LogP contribution in [-0.2, 0) is 9.13 Å². The topological polar surface area (TPSA) is 49.4 Å². The van der Waals surface area contributed by atoms with Crippen LogP contribution in [0.2, 0.25) is 0 Å². The quantitative estimate of drug-likeness (QED) is 0.166. The van der Waals surface area contributed by atoms with Crippen LogP contribution < -0.4 is 5.32 Å². The summed E-state index contributed by atoms with van der Waals surface area (Å²) < 4.78 is 22.0. The predicted molar refractivity (Wildman–Crippen MR) is 117 cm³/mol. The molecule has 0 bridgehead atoms. The van der Waals surface area contributed by atoms with E-state index in [-0.39, 0.29) is 0 Å². The van der Waals surface area contributed by atoms with Crippen LogP contribution in [0.1, 0.15) is 25.7 Å². The minimum atomic E-state index is -3.22. The Hall–Kier alpha value is 2.79. The van der Waals surface area contributed by atoms with Crippen LogP contribution in [0.3, 0.4) is 0 Å². The summed E-state index contributed by atoms with van der Waals surface area (Å²) in [6.07, 6.45) is 4.55. The molecule has 0 radical (unpaired) electrons. The van der Waals surface area contributed by atoms with E-state index in [2.05, 4.69) is 70.9 Å². The molecule has 0 atom stereocenters. The van der Waals surface area contributed by atoms with Crippen molar-refractivity contribution in [1.82, 2.24) is 9.99 Å². The number of nitrogens with zero attached hydrogens (tertiary/aromatic N) is 1. The molecule has 0 aliphatic carbocycles. The van der Waals surface area contributed by atoms with Crippen LogP contribution in [0.4, 0.5) is 0 Å². The Morgan fingerprint density at radius 3 is 1.61 bits per heavy atom. The molecule has 0 fully saturated rings. The van der Waals surface area contributed by atoms with Gasteiger partial charge in [-0.25, -0.2) is 4.67 Å². The Morgan fingerprint density at radius 1 is 0.913 bits per heavy atom. The van der Waals surface area contributed by atoms with Gasteiger partial charge in [0.05, 0.1) is 0 Å². The first-order chi connectivity index (χ1) is 10.4. The summed E-state index contributed by atoms with van der Waals surface area (Å²) in [5.74, 6) is -3.03. The lowest BCUT2D eigenvalue weighted by molar-refractivity contribution is 0.481. The van der Waals surface area contributed by atoms with Crippen molar-refractivity contribution in [3.05, 3.63) is 0 Å². The minimum Gasteiger partial charge on any atom is -0.320 e. The molecule has 0 aliphatic heterocycles. The Labute approximate surface area is 180 Å². The zero-order chi connectivity index (χ0) is 18.9. The molecule has 0 spiro atoms. The highest BCUT2D eigenvalue weighted by Gasteiger charge is 2.19. The molecule has 0 aromatic heterocycles. The summed E-state index contributed by atoms with van der Waals surface area (Å²) in [4.78, 5) is 0. The van der Waals surface area contributed by atoms with Crippen molar-refractivity contribution in [2.24, 2.45) is 0 Å². The van der Waals surface area contributed by atoms with Gasteiger partial charge < -0.3 is 5.32 Å². The zero-order valence-corrected chi connectivity index (χ0v) is 21.7. The number of unbranched alkanes of at least 4 members (excludes halogenated alkanes) is 2. The van der Waals surface area contributed by atoms with Gasteiger partial charge in [0.2, 0.25) is 0 Å². The summed E-state index contributed by atoms with van der Waals surface area (Å²) >= 11 is 31.3. The van der Waals surface area contributed by atoms with Gasteiger partial charge in [-0.1, -0.05) is 31.9 Å². The lowest BCUT2D eigenvalue weighted by atomic mass is 10.3. The second kappa shape index (κ2) is 19.5. The molecule has 0 saturated heterocycles. The maximum atomic E-state index is 11.0. The van der Waals surface area contributed by atoms with Gasteiger partial charge >= 0.3 is 11.2 Å². The SMILES string of the molecule is CN(CCCCBr)P(=O)(Cl)Cl.CNCCCCBr.O=P(Cl)(Cl)Cl. The summed E-state index contributed by atoms with van der Waals surface area (Å²) in [6.45, 7) is 1.82. The third kappa shape index (κ3) is 40.7. The van der Waals surface area contributed by atoms with E-state index in [1.807, 2.05) is 7.05 Å². The monoisotopic (exact) mass is 598 g/mol. The Bertz CT molecular complexity index is 335. The highest BCUT2D eigenvalue weighted by molar-refractivity contribution is 9.09. The first-order valence-electron chi connectivity index (χ1n) is 6.56. The molecule has 0 aromatic rings. The number of nitrogens with one attached hydrogen (secondary N) is 1. The molecule has 4 nitrogen and oxygen atoms in total. The van der Waals surface area contributed by atoms with Gasteiger partial charge in [-0.2, -0.15) is 0 Å². The van der Waals surface area contributed by atoms with Gasteiger partial charge in [0.15, 0.2) is 0 Å². The van der Waals surface area contributed by atoms with Crippen LogP contribution in [-0.4, -0.2) is 42.5 Å². The molecule has 0 aliphatic rings. The van der Waals surface area contributed by atoms with Gasteiger partial charge in [-0.15, -0.1) is 0 Å². The van der Waals surface area contributed by atoms with Crippen LogP contribution in [0, 0.1) is 0 Å². The van der Waals surface area contributed by atoms with E-state index >= 15 is 0 Å². The molecular weight excluding hydrogens is 579 g/mol. The highest BCUT2D eigenvalue weighted by atomic mass is 79.9. The third-order valence-corrected chi connectivity index (χ3v) is 5.74. The van der Waals surface area contributed by atoms with E-state index in [0.717, 1.165) is 30.0 Å². The molecule has 23 heavy (non-hydrogen) atoms. The van der Waals surface area contributed by atoms with Gasteiger partial charge in [0.25, 0.3) is 0 Å². The third-order valence-electron chi connectivity index (χ3n) is 2.07. The normalized spacial score (nSPS) is 11.4. The highest BCUT2D eigenvalue weighted by Crippen LogP contribution is 2.61. The molecule has 1 N–H and O–H groups in total. The molecule has 0 unspecified atom stereocenters. The minimum absolute atomic E-state index is 0.676. The number of hydrogen-bond acceptors (Lipinski definition) is 3. The van der Waals surface area contributed by atoms with Crippen molar-refractivity contribution in [2.45, 2.75) is 25.7 Å². The van der Waals surface area contributed by atoms with E-state index in [1.54, 1.807) is 7.05 Å². The van der Waals surface area contributed by atoms with Crippen LogP contribution in [0.15, 0.2) is 0 Å².